The van der Waals surface area contributed by atoms with Crippen molar-refractivity contribution in [3.05, 3.63) is 57.9 Å². The van der Waals surface area contributed by atoms with Crippen LogP contribution in [0.3, 0.4) is 0 Å². The van der Waals surface area contributed by atoms with Gasteiger partial charge in [0.15, 0.2) is 0 Å². The molecule has 1 aromatic carbocycles. The molecule has 0 radical (unpaired) electrons. The number of aromatic nitrogens is 1. The van der Waals surface area contributed by atoms with Gasteiger partial charge in [-0.3, -0.25) is 9.59 Å². The number of carbonyl (C=O) groups excluding carboxylic acids is 2. The molecule has 1 unspecified atom stereocenters. The van der Waals surface area contributed by atoms with E-state index in [2.05, 4.69) is 28.6 Å². The lowest BCUT2D eigenvalue weighted by Crippen LogP contribution is -2.47. The Morgan fingerprint density at radius 2 is 1.92 bits per heavy atom. The van der Waals surface area contributed by atoms with E-state index in [1.807, 2.05) is 36.5 Å². The summed E-state index contributed by atoms with van der Waals surface area (Å²) in [5, 5.41) is 6.79. The number of hydrogen-bond acceptors (Lipinski definition) is 3. The van der Waals surface area contributed by atoms with Gasteiger partial charge in [-0.1, -0.05) is 25.1 Å². The third-order valence-corrected chi connectivity index (χ3v) is 5.53. The number of aromatic amines is 1. The first-order chi connectivity index (χ1) is 12.6. The van der Waals surface area contributed by atoms with E-state index in [1.54, 1.807) is 11.3 Å². The van der Waals surface area contributed by atoms with E-state index in [1.165, 1.54) is 11.8 Å². The number of carbonyl (C=O) groups is 2. The number of aryl methyl sites for hydroxylation is 1. The molecule has 2 aromatic heterocycles. The van der Waals surface area contributed by atoms with Crippen LogP contribution in [0.2, 0.25) is 0 Å². The number of thiophene rings is 1. The Morgan fingerprint density at radius 1 is 1.15 bits per heavy atom. The first kappa shape index (κ1) is 18.2. The minimum Gasteiger partial charge on any atom is -0.361 e. The average molecular weight is 369 g/mol. The van der Waals surface area contributed by atoms with Gasteiger partial charge in [-0.15, -0.1) is 11.3 Å². The molecule has 0 spiro atoms. The van der Waals surface area contributed by atoms with Crippen LogP contribution in [0, 0.1) is 0 Å². The highest BCUT2D eigenvalue weighted by molar-refractivity contribution is 7.11. The molecule has 0 saturated carbocycles. The van der Waals surface area contributed by atoms with Gasteiger partial charge in [-0.25, -0.2) is 0 Å². The monoisotopic (exact) mass is 369 g/mol. The van der Waals surface area contributed by atoms with E-state index >= 15 is 0 Å². The van der Waals surface area contributed by atoms with E-state index in [4.69, 9.17) is 0 Å². The van der Waals surface area contributed by atoms with Gasteiger partial charge in [0.2, 0.25) is 11.8 Å². The van der Waals surface area contributed by atoms with Crippen LogP contribution in [0.1, 0.15) is 29.2 Å². The van der Waals surface area contributed by atoms with Gasteiger partial charge >= 0.3 is 0 Å². The van der Waals surface area contributed by atoms with Gasteiger partial charge in [0, 0.05) is 40.2 Å². The Bertz CT molecular complexity index is 913. The number of benzene rings is 1. The van der Waals surface area contributed by atoms with Crippen LogP contribution >= 0.6 is 11.3 Å². The highest BCUT2D eigenvalue weighted by Crippen LogP contribution is 2.20. The first-order valence-corrected chi connectivity index (χ1v) is 9.56. The second kappa shape index (κ2) is 8.19. The maximum Gasteiger partial charge on any atom is 0.243 e. The van der Waals surface area contributed by atoms with E-state index in [-0.39, 0.29) is 11.8 Å². The molecule has 0 aliphatic rings. The Kier molecular flexibility index (Phi) is 5.73. The lowest BCUT2D eigenvalue weighted by Gasteiger charge is -2.17. The number of rotatable bonds is 7. The zero-order valence-corrected chi connectivity index (χ0v) is 15.8. The van der Waals surface area contributed by atoms with Crippen molar-refractivity contribution in [3.63, 3.8) is 0 Å². The Balaban J connectivity index is 1.70. The minimum atomic E-state index is -0.600. The molecule has 26 heavy (non-hydrogen) atoms. The Labute approximate surface area is 156 Å². The summed E-state index contributed by atoms with van der Waals surface area (Å²) in [6.07, 6.45) is 3.34. The Morgan fingerprint density at radius 3 is 2.65 bits per heavy atom. The second-order valence-corrected chi connectivity index (χ2v) is 7.51. The highest BCUT2D eigenvalue weighted by atomic mass is 32.1. The normalized spacial score (nSPS) is 12.1. The van der Waals surface area contributed by atoms with Crippen molar-refractivity contribution in [2.24, 2.45) is 0 Å². The van der Waals surface area contributed by atoms with Crippen molar-refractivity contribution >= 4 is 34.1 Å². The molecule has 3 aromatic rings. The highest BCUT2D eigenvalue weighted by Gasteiger charge is 2.21. The summed E-state index contributed by atoms with van der Waals surface area (Å²) in [7, 11) is 0. The van der Waals surface area contributed by atoms with Gasteiger partial charge in [0.1, 0.15) is 6.04 Å². The zero-order chi connectivity index (χ0) is 18.5. The Hall–Kier alpha value is -2.60. The summed E-state index contributed by atoms with van der Waals surface area (Å²) in [5.41, 5.74) is 2.04. The molecule has 0 bridgehead atoms. The minimum absolute atomic E-state index is 0.170. The fourth-order valence-corrected chi connectivity index (χ4v) is 3.88. The number of H-pyrrole nitrogens is 1. The lowest BCUT2D eigenvalue weighted by atomic mass is 10.0. The predicted octanol–water partition coefficient (Wildman–Crippen LogP) is 3.16. The van der Waals surface area contributed by atoms with E-state index in [9.17, 15) is 9.59 Å². The van der Waals surface area contributed by atoms with Gasteiger partial charge in [-0.2, -0.15) is 0 Å². The number of fused-ring (bicyclic) bond motifs is 1. The van der Waals surface area contributed by atoms with Crippen molar-refractivity contribution in [1.82, 2.24) is 15.6 Å². The molecule has 0 aliphatic heterocycles. The summed E-state index contributed by atoms with van der Waals surface area (Å²) in [6, 6.07) is 11.5. The quantitative estimate of drug-likeness (QED) is 0.598. The molecular weight excluding hydrogens is 346 g/mol. The summed E-state index contributed by atoms with van der Waals surface area (Å²) in [5.74, 6) is -0.383. The largest absolute Gasteiger partial charge is 0.361 e. The summed E-state index contributed by atoms with van der Waals surface area (Å²) >= 11 is 1.70. The fraction of sp³-hybridized carbons (Fsp3) is 0.300. The van der Waals surface area contributed by atoms with Crippen molar-refractivity contribution < 1.29 is 9.59 Å². The number of hydrogen-bond donors (Lipinski definition) is 3. The second-order valence-electron chi connectivity index (χ2n) is 6.26. The summed E-state index contributed by atoms with van der Waals surface area (Å²) in [4.78, 5) is 29.9. The maximum atomic E-state index is 12.7. The van der Waals surface area contributed by atoms with E-state index in [0.717, 1.165) is 27.8 Å². The molecule has 3 rings (SSSR count). The van der Waals surface area contributed by atoms with Gasteiger partial charge in [0.05, 0.1) is 6.54 Å². The molecule has 5 nitrogen and oxygen atoms in total. The number of para-hydroxylation sites is 1. The standard InChI is InChI=1S/C20H23N3O2S/c1-3-15-8-9-16(26-15)12-22-20(25)19(23-13(2)24)10-14-11-21-18-7-5-4-6-17(14)18/h4-9,11,19,21H,3,10,12H2,1-2H3,(H,22,25)(H,23,24). The molecule has 2 amide bonds. The van der Waals surface area contributed by atoms with E-state index in [0.29, 0.717) is 13.0 Å². The fourth-order valence-electron chi connectivity index (χ4n) is 2.98. The zero-order valence-electron chi connectivity index (χ0n) is 15.0. The van der Waals surface area contributed by atoms with Crippen LogP contribution in [0.4, 0.5) is 0 Å². The van der Waals surface area contributed by atoms with Gasteiger partial charge < -0.3 is 15.6 Å². The smallest absolute Gasteiger partial charge is 0.243 e. The lowest BCUT2D eigenvalue weighted by molar-refractivity contribution is -0.128. The van der Waals surface area contributed by atoms with E-state index < -0.39 is 6.04 Å². The molecule has 1 atom stereocenters. The number of nitrogens with one attached hydrogen (secondary N) is 3. The number of amides is 2. The molecule has 2 heterocycles. The SMILES string of the molecule is CCc1ccc(CNC(=O)C(Cc2c[nH]c3ccccc23)NC(C)=O)s1. The molecule has 3 N–H and O–H groups in total. The van der Waals surface area contributed by atoms with Crippen LogP contribution in [0.15, 0.2) is 42.6 Å². The third-order valence-electron chi connectivity index (χ3n) is 4.30. The van der Waals surface area contributed by atoms with Crippen molar-refractivity contribution in [1.29, 1.82) is 0 Å². The summed E-state index contributed by atoms with van der Waals surface area (Å²) in [6.45, 7) is 4.03. The van der Waals surface area contributed by atoms with Crippen molar-refractivity contribution in [3.8, 4) is 0 Å². The molecule has 0 aliphatic carbocycles. The maximum absolute atomic E-state index is 12.7. The average Bonchev–Trinajstić information content (AvgIpc) is 3.26. The molecule has 136 valence electrons. The van der Waals surface area contributed by atoms with Crippen molar-refractivity contribution in [2.75, 3.05) is 0 Å². The molecule has 6 heteroatoms. The van der Waals surface area contributed by atoms with Crippen LogP contribution in [0.5, 0.6) is 0 Å². The first-order valence-electron chi connectivity index (χ1n) is 8.74. The van der Waals surface area contributed by atoms with Crippen LogP contribution < -0.4 is 10.6 Å². The molecular formula is C20H23N3O2S. The third kappa shape index (κ3) is 4.32. The predicted molar refractivity (Wildman–Crippen MR) is 105 cm³/mol. The van der Waals surface area contributed by atoms with Gasteiger partial charge in [0.25, 0.3) is 0 Å². The topological polar surface area (TPSA) is 74.0 Å². The van der Waals surface area contributed by atoms with Gasteiger partial charge in [-0.05, 0) is 30.2 Å². The molecule has 0 fully saturated rings. The van der Waals surface area contributed by atoms with Crippen molar-refractivity contribution in [2.45, 2.75) is 39.3 Å². The van der Waals surface area contributed by atoms with Crippen LogP contribution in [0.25, 0.3) is 10.9 Å². The van der Waals surface area contributed by atoms with Crippen LogP contribution in [-0.4, -0.2) is 22.8 Å². The van der Waals surface area contributed by atoms with Crippen LogP contribution in [-0.2, 0) is 29.0 Å². The molecule has 0 saturated heterocycles. The summed E-state index contributed by atoms with van der Waals surface area (Å²) < 4.78 is 0.